The number of ether oxygens (including phenoxy) is 1. The molecule has 0 bridgehead atoms. The summed E-state index contributed by atoms with van der Waals surface area (Å²) in [5.41, 5.74) is 0. The third-order valence-electron chi connectivity index (χ3n) is 2.50. The maximum atomic E-state index is 11.4. The molecule has 1 atom stereocenters. The molecule has 18 heavy (non-hydrogen) atoms. The van der Waals surface area contributed by atoms with E-state index in [0.29, 0.717) is 12.8 Å². The van der Waals surface area contributed by atoms with E-state index in [0.717, 1.165) is 0 Å². The maximum absolute atomic E-state index is 11.4. The van der Waals surface area contributed by atoms with E-state index in [-0.39, 0.29) is 30.7 Å². The molecule has 0 aromatic carbocycles. The molecule has 104 valence electrons. The van der Waals surface area contributed by atoms with Crippen LogP contribution in [0.4, 0.5) is 4.79 Å². The molecule has 1 saturated heterocycles. The van der Waals surface area contributed by atoms with Gasteiger partial charge in [-0.25, -0.2) is 13.2 Å². The zero-order valence-electron chi connectivity index (χ0n) is 10.3. The van der Waals surface area contributed by atoms with Crippen LogP contribution in [0.5, 0.6) is 0 Å². The van der Waals surface area contributed by atoms with E-state index >= 15 is 0 Å². The topological polar surface area (TPSA) is 102 Å². The van der Waals surface area contributed by atoms with Gasteiger partial charge >= 0.3 is 12.0 Å². The minimum Gasteiger partial charge on any atom is -0.465 e. The molecule has 2 N–H and O–H groups in total. The van der Waals surface area contributed by atoms with Crippen LogP contribution in [0, 0.1) is 0 Å². The molecule has 1 unspecified atom stereocenters. The highest BCUT2D eigenvalue weighted by Crippen LogP contribution is 2.11. The number of urea groups is 1. The minimum absolute atomic E-state index is 0.0418. The van der Waals surface area contributed by atoms with E-state index in [1.54, 1.807) is 6.92 Å². The molecule has 1 fully saturated rings. The summed E-state index contributed by atoms with van der Waals surface area (Å²) in [6.07, 6.45) is 1.18. The molecule has 8 heteroatoms. The SMILES string of the molecule is CCOC(=O)CNC(=O)NC1CCCS(=O)(=O)C1. The average Bonchev–Trinajstić information content (AvgIpc) is 2.25. The van der Waals surface area contributed by atoms with Gasteiger partial charge in [-0.05, 0) is 19.8 Å². The van der Waals surface area contributed by atoms with Gasteiger partial charge in [-0.3, -0.25) is 4.79 Å². The van der Waals surface area contributed by atoms with Crippen LogP contribution in [-0.2, 0) is 19.4 Å². The van der Waals surface area contributed by atoms with Crippen molar-refractivity contribution in [1.29, 1.82) is 0 Å². The molecule has 0 saturated carbocycles. The van der Waals surface area contributed by atoms with Gasteiger partial charge in [-0.2, -0.15) is 0 Å². The number of carbonyl (C=O) groups is 2. The summed E-state index contributed by atoms with van der Waals surface area (Å²) in [5, 5.41) is 4.86. The highest BCUT2D eigenvalue weighted by Gasteiger charge is 2.25. The Hall–Kier alpha value is -1.31. The van der Waals surface area contributed by atoms with Crippen molar-refractivity contribution < 1.29 is 22.7 Å². The lowest BCUT2D eigenvalue weighted by molar-refractivity contribution is -0.141. The fourth-order valence-corrected chi connectivity index (χ4v) is 3.37. The molecular weight excluding hydrogens is 260 g/mol. The molecule has 2 amide bonds. The summed E-state index contributed by atoms with van der Waals surface area (Å²) < 4.78 is 27.3. The van der Waals surface area contributed by atoms with Crippen molar-refractivity contribution in [2.24, 2.45) is 0 Å². The van der Waals surface area contributed by atoms with Crippen LogP contribution in [-0.4, -0.2) is 51.1 Å². The maximum Gasteiger partial charge on any atom is 0.325 e. The second kappa shape index (κ2) is 6.58. The van der Waals surface area contributed by atoms with E-state index < -0.39 is 21.8 Å². The molecule has 1 heterocycles. The number of hydrogen-bond acceptors (Lipinski definition) is 5. The number of amides is 2. The van der Waals surface area contributed by atoms with Crippen molar-refractivity contribution >= 4 is 21.8 Å². The Morgan fingerprint density at radius 1 is 1.39 bits per heavy atom. The van der Waals surface area contributed by atoms with Gasteiger partial charge in [0.25, 0.3) is 0 Å². The molecule has 0 aromatic rings. The van der Waals surface area contributed by atoms with Gasteiger partial charge in [-0.1, -0.05) is 0 Å². The Bertz CT molecular complexity index is 406. The number of carbonyl (C=O) groups excluding carboxylic acids is 2. The van der Waals surface area contributed by atoms with Crippen molar-refractivity contribution in [3.63, 3.8) is 0 Å². The summed E-state index contributed by atoms with van der Waals surface area (Å²) in [5.74, 6) is -0.390. The third kappa shape index (κ3) is 5.35. The lowest BCUT2D eigenvalue weighted by atomic mass is 10.2. The van der Waals surface area contributed by atoms with E-state index in [1.165, 1.54) is 0 Å². The highest BCUT2D eigenvalue weighted by atomic mass is 32.2. The van der Waals surface area contributed by atoms with Crippen molar-refractivity contribution in [2.75, 3.05) is 24.7 Å². The molecular formula is C10H18N2O5S. The van der Waals surface area contributed by atoms with Crippen molar-refractivity contribution in [2.45, 2.75) is 25.8 Å². The first kappa shape index (κ1) is 14.7. The predicted molar refractivity (Wildman–Crippen MR) is 64.8 cm³/mol. The number of sulfone groups is 1. The largest absolute Gasteiger partial charge is 0.465 e. The van der Waals surface area contributed by atoms with Crippen LogP contribution in [0.3, 0.4) is 0 Å². The zero-order valence-corrected chi connectivity index (χ0v) is 11.1. The fraction of sp³-hybridized carbons (Fsp3) is 0.800. The monoisotopic (exact) mass is 278 g/mol. The Kier molecular flexibility index (Phi) is 5.39. The molecule has 0 aromatic heterocycles. The van der Waals surface area contributed by atoms with Crippen LogP contribution in [0.15, 0.2) is 0 Å². The molecule has 1 rings (SSSR count). The van der Waals surface area contributed by atoms with Crippen molar-refractivity contribution in [3.8, 4) is 0 Å². The number of rotatable bonds is 4. The van der Waals surface area contributed by atoms with Gasteiger partial charge in [0.2, 0.25) is 0 Å². The van der Waals surface area contributed by atoms with Gasteiger partial charge in [0.1, 0.15) is 6.54 Å². The van der Waals surface area contributed by atoms with E-state index in [9.17, 15) is 18.0 Å². The second-order valence-corrected chi connectivity index (χ2v) is 6.31. The first-order chi connectivity index (χ1) is 8.43. The van der Waals surface area contributed by atoms with Crippen molar-refractivity contribution in [1.82, 2.24) is 10.6 Å². The zero-order chi connectivity index (χ0) is 13.6. The van der Waals surface area contributed by atoms with E-state index in [2.05, 4.69) is 15.4 Å². The Balaban J connectivity index is 2.30. The molecule has 7 nitrogen and oxygen atoms in total. The Morgan fingerprint density at radius 3 is 2.72 bits per heavy atom. The lowest BCUT2D eigenvalue weighted by Crippen LogP contribution is -2.48. The summed E-state index contributed by atoms with van der Waals surface area (Å²) in [6.45, 7) is 1.70. The lowest BCUT2D eigenvalue weighted by Gasteiger charge is -2.22. The van der Waals surface area contributed by atoms with E-state index in [4.69, 9.17) is 0 Å². The van der Waals surface area contributed by atoms with Gasteiger partial charge in [-0.15, -0.1) is 0 Å². The van der Waals surface area contributed by atoms with Crippen LogP contribution >= 0.6 is 0 Å². The van der Waals surface area contributed by atoms with Gasteiger partial charge in [0, 0.05) is 6.04 Å². The molecule has 0 spiro atoms. The smallest absolute Gasteiger partial charge is 0.325 e. The average molecular weight is 278 g/mol. The Morgan fingerprint density at radius 2 is 2.11 bits per heavy atom. The van der Waals surface area contributed by atoms with Crippen molar-refractivity contribution in [3.05, 3.63) is 0 Å². The summed E-state index contributed by atoms with van der Waals surface area (Å²) in [6, 6.07) is -0.934. The summed E-state index contributed by atoms with van der Waals surface area (Å²) in [7, 11) is -3.05. The third-order valence-corrected chi connectivity index (χ3v) is 4.32. The number of hydrogen-bond donors (Lipinski definition) is 2. The molecule has 1 aliphatic rings. The number of esters is 1. The van der Waals surface area contributed by atoms with Crippen LogP contribution < -0.4 is 10.6 Å². The first-order valence-corrected chi connectivity index (χ1v) is 7.65. The van der Waals surface area contributed by atoms with Crippen LogP contribution in [0.25, 0.3) is 0 Å². The molecule has 1 aliphatic heterocycles. The van der Waals surface area contributed by atoms with Gasteiger partial charge in [0.05, 0.1) is 18.1 Å². The second-order valence-electron chi connectivity index (χ2n) is 4.09. The van der Waals surface area contributed by atoms with Crippen LogP contribution in [0.2, 0.25) is 0 Å². The van der Waals surface area contributed by atoms with Crippen LogP contribution in [0.1, 0.15) is 19.8 Å². The first-order valence-electron chi connectivity index (χ1n) is 5.83. The molecule has 0 radical (unpaired) electrons. The standard InChI is InChI=1S/C10H18N2O5S/c1-2-17-9(13)6-11-10(14)12-8-4-3-5-18(15,16)7-8/h8H,2-7H2,1H3,(H2,11,12,14). The Labute approximate surface area is 106 Å². The minimum atomic E-state index is -3.05. The summed E-state index contributed by atoms with van der Waals surface area (Å²) in [4.78, 5) is 22.4. The highest BCUT2D eigenvalue weighted by molar-refractivity contribution is 7.91. The van der Waals surface area contributed by atoms with Gasteiger partial charge in [0.15, 0.2) is 9.84 Å². The van der Waals surface area contributed by atoms with E-state index in [1.807, 2.05) is 0 Å². The predicted octanol–water partition coefficient (Wildman–Crippen LogP) is -0.574. The summed E-state index contributed by atoms with van der Waals surface area (Å²) >= 11 is 0. The number of nitrogens with one attached hydrogen (secondary N) is 2. The van der Waals surface area contributed by atoms with Gasteiger partial charge < -0.3 is 15.4 Å². The fourth-order valence-electron chi connectivity index (χ4n) is 1.74. The normalized spacial score (nSPS) is 21.9. The molecule has 0 aliphatic carbocycles. The quantitative estimate of drug-likeness (QED) is 0.670.